The first kappa shape index (κ1) is 29.3. The van der Waals surface area contributed by atoms with Gasteiger partial charge in [-0.25, -0.2) is 15.0 Å². The third-order valence-corrected chi connectivity index (χ3v) is 11.6. The quantitative estimate of drug-likeness (QED) is 0.185. The number of furan rings is 1. The lowest BCUT2D eigenvalue weighted by Crippen LogP contribution is -2.29. The lowest BCUT2D eigenvalue weighted by Gasteiger charge is -2.16. The molecule has 0 saturated heterocycles. The van der Waals surface area contributed by atoms with Gasteiger partial charge in [0, 0.05) is 53.6 Å². The van der Waals surface area contributed by atoms with Crippen molar-refractivity contribution in [2.45, 2.75) is 12.3 Å². The molecule has 11 rings (SSSR count). The van der Waals surface area contributed by atoms with E-state index in [9.17, 15) is 0 Å². The highest BCUT2D eigenvalue weighted by atomic mass is 32.1. The van der Waals surface area contributed by atoms with Crippen molar-refractivity contribution in [1.82, 2.24) is 15.0 Å². The van der Waals surface area contributed by atoms with Gasteiger partial charge >= 0.3 is 0 Å². The van der Waals surface area contributed by atoms with Crippen LogP contribution in [0.4, 0.5) is 0 Å². The van der Waals surface area contributed by atoms with E-state index in [1.54, 1.807) is 0 Å². The summed E-state index contributed by atoms with van der Waals surface area (Å²) in [6.45, 7) is 0. The van der Waals surface area contributed by atoms with Crippen LogP contribution in [0.25, 0.3) is 99.2 Å². The second kappa shape index (κ2) is 11.6. The van der Waals surface area contributed by atoms with Gasteiger partial charge in [-0.15, -0.1) is 11.3 Å². The average molecular weight is 684 g/mol. The molecule has 1 aliphatic rings. The van der Waals surface area contributed by atoms with Crippen LogP contribution in [0.5, 0.6) is 0 Å². The molecule has 52 heavy (non-hydrogen) atoms. The van der Waals surface area contributed by atoms with E-state index in [4.69, 9.17) is 19.4 Å². The Bertz CT molecular complexity index is 3180. The van der Waals surface area contributed by atoms with Gasteiger partial charge in [0.05, 0.1) is 0 Å². The molecule has 3 heterocycles. The zero-order valence-electron chi connectivity index (χ0n) is 28.0. The van der Waals surface area contributed by atoms with Crippen molar-refractivity contribution in [3.8, 4) is 34.2 Å². The summed E-state index contributed by atoms with van der Waals surface area (Å²) >= 11 is 1.81. The summed E-state index contributed by atoms with van der Waals surface area (Å²) in [6.07, 6.45) is 5.77. The first-order valence-corrected chi connectivity index (χ1v) is 18.4. The minimum Gasteiger partial charge on any atom is -0.456 e. The molecule has 0 amide bonds. The van der Waals surface area contributed by atoms with Crippen molar-refractivity contribution < 1.29 is 4.42 Å². The minimum atomic E-state index is 0.247. The summed E-state index contributed by atoms with van der Waals surface area (Å²) in [4.78, 5) is 15.4. The van der Waals surface area contributed by atoms with Crippen LogP contribution in [0.2, 0.25) is 0 Å². The molecule has 0 spiro atoms. The Balaban J connectivity index is 1.10. The molecule has 3 aromatic heterocycles. The number of thiophene rings is 1. The van der Waals surface area contributed by atoms with Crippen molar-refractivity contribution in [3.05, 3.63) is 162 Å². The highest BCUT2D eigenvalue weighted by molar-refractivity contribution is 7.25. The van der Waals surface area contributed by atoms with E-state index in [0.717, 1.165) is 45.0 Å². The Labute approximate surface area is 302 Å². The smallest absolute Gasteiger partial charge is 0.164 e. The molecule has 7 aromatic carbocycles. The van der Waals surface area contributed by atoms with Crippen LogP contribution in [0, 0.1) is 0 Å². The largest absolute Gasteiger partial charge is 0.456 e. The number of hydrogen-bond donors (Lipinski definition) is 0. The molecule has 0 radical (unpaired) electrons. The van der Waals surface area contributed by atoms with Crippen LogP contribution in [0.3, 0.4) is 0 Å². The number of fused-ring (bicyclic) bond motifs is 9. The molecule has 1 atom stereocenters. The third-order valence-electron chi connectivity index (χ3n) is 10.5. The Hall–Kier alpha value is -6.43. The average Bonchev–Trinajstić information content (AvgIpc) is 3.78. The molecule has 1 aliphatic carbocycles. The summed E-state index contributed by atoms with van der Waals surface area (Å²) in [7, 11) is 0. The molecule has 0 fully saturated rings. The van der Waals surface area contributed by atoms with E-state index in [1.807, 2.05) is 41.7 Å². The van der Waals surface area contributed by atoms with Gasteiger partial charge in [-0.3, -0.25) is 0 Å². The maximum Gasteiger partial charge on any atom is 0.164 e. The van der Waals surface area contributed by atoms with Crippen molar-refractivity contribution in [1.29, 1.82) is 0 Å². The number of hydrogen-bond acceptors (Lipinski definition) is 5. The summed E-state index contributed by atoms with van der Waals surface area (Å²) in [5.41, 5.74) is 5.75. The zero-order chi connectivity index (χ0) is 34.2. The van der Waals surface area contributed by atoms with E-state index in [1.165, 1.54) is 46.9 Å². The monoisotopic (exact) mass is 683 g/mol. The predicted octanol–water partition coefficient (Wildman–Crippen LogP) is 11.0. The number of rotatable bonds is 4. The standard InChI is InChI=1S/C47H29N3OS/c1-2-10-30(11-3-1)45-48-46(33-22-24-43-38(27-33)35-13-6-7-16-42(35)52-43)50-47(49-45)36-14-8-15-41-44(36)39-26-32(21-23-40(39)51-41)31-20-19-29-18-17-28-9-4-5-12-34(28)37(29)25-31/h1-19,21-27,31H,20H2. The highest BCUT2D eigenvalue weighted by Gasteiger charge is 2.20. The van der Waals surface area contributed by atoms with E-state index in [2.05, 4.69) is 127 Å². The molecule has 0 N–H and O–H groups in total. The number of benzene rings is 7. The van der Waals surface area contributed by atoms with Crippen LogP contribution in [-0.4, -0.2) is 15.0 Å². The van der Waals surface area contributed by atoms with Crippen LogP contribution in [0.1, 0.15) is 17.9 Å². The fourth-order valence-corrected chi connectivity index (χ4v) is 8.99. The van der Waals surface area contributed by atoms with Crippen molar-refractivity contribution in [3.63, 3.8) is 0 Å². The third kappa shape index (κ3) is 4.70. The van der Waals surface area contributed by atoms with Crippen LogP contribution in [0.15, 0.2) is 150 Å². The normalized spacial score (nSPS) is 14.2. The molecule has 0 bridgehead atoms. The van der Waals surface area contributed by atoms with E-state index in [0.29, 0.717) is 17.5 Å². The van der Waals surface area contributed by atoms with Crippen molar-refractivity contribution in [2.75, 3.05) is 0 Å². The van der Waals surface area contributed by atoms with Gasteiger partial charge in [0.15, 0.2) is 17.5 Å². The fraction of sp³-hybridized carbons (Fsp3) is 0.0426. The predicted molar refractivity (Wildman–Crippen MR) is 216 cm³/mol. The molecular formula is C47H29N3OS. The number of nitrogens with zero attached hydrogens (tertiary/aromatic N) is 3. The first-order valence-electron chi connectivity index (χ1n) is 17.6. The van der Waals surface area contributed by atoms with E-state index < -0.39 is 0 Å². The zero-order valence-corrected chi connectivity index (χ0v) is 28.8. The van der Waals surface area contributed by atoms with Gasteiger partial charge in [-0.2, -0.15) is 0 Å². The van der Waals surface area contributed by atoms with Crippen LogP contribution >= 0.6 is 11.3 Å². The van der Waals surface area contributed by atoms with Gasteiger partial charge in [0.25, 0.3) is 0 Å². The van der Waals surface area contributed by atoms with Gasteiger partial charge in [0.2, 0.25) is 0 Å². The SMILES string of the molecule is C1=c2ccc3ccccc3c2=CC(c2ccc3oc4cccc(-c5nc(-c6ccccc6)nc(-c6ccc7sc8ccccc8c7c6)n5)c4c3c2)C1. The second-order valence-electron chi connectivity index (χ2n) is 13.5. The molecule has 5 heteroatoms. The maximum atomic E-state index is 6.49. The van der Waals surface area contributed by atoms with Gasteiger partial charge in [-0.05, 0) is 75.7 Å². The highest BCUT2D eigenvalue weighted by Crippen LogP contribution is 2.40. The second-order valence-corrected chi connectivity index (χ2v) is 14.6. The van der Waals surface area contributed by atoms with Gasteiger partial charge in [-0.1, -0.05) is 115 Å². The topological polar surface area (TPSA) is 51.8 Å². The van der Waals surface area contributed by atoms with Crippen LogP contribution < -0.4 is 10.4 Å². The summed E-state index contributed by atoms with van der Waals surface area (Å²) < 4.78 is 9.01. The molecule has 4 nitrogen and oxygen atoms in total. The minimum absolute atomic E-state index is 0.247. The Kier molecular flexibility index (Phi) is 6.51. The Morgan fingerprint density at radius 1 is 0.538 bits per heavy atom. The van der Waals surface area contributed by atoms with E-state index in [-0.39, 0.29) is 5.92 Å². The van der Waals surface area contributed by atoms with Gasteiger partial charge in [0.1, 0.15) is 11.2 Å². The Morgan fingerprint density at radius 3 is 2.25 bits per heavy atom. The van der Waals surface area contributed by atoms with Crippen molar-refractivity contribution >= 4 is 76.4 Å². The fourth-order valence-electron chi connectivity index (χ4n) is 7.90. The summed E-state index contributed by atoms with van der Waals surface area (Å²) in [5.74, 6) is 2.15. The first-order chi connectivity index (χ1) is 25.7. The lowest BCUT2D eigenvalue weighted by molar-refractivity contribution is 0.668. The summed E-state index contributed by atoms with van der Waals surface area (Å²) in [6, 6.07) is 51.2. The molecule has 10 aromatic rings. The molecule has 244 valence electrons. The molecule has 1 unspecified atom stereocenters. The summed E-state index contributed by atoms with van der Waals surface area (Å²) in [5, 5.41) is 9.72. The van der Waals surface area contributed by atoms with E-state index >= 15 is 0 Å². The van der Waals surface area contributed by atoms with Gasteiger partial charge < -0.3 is 4.42 Å². The van der Waals surface area contributed by atoms with Crippen LogP contribution in [-0.2, 0) is 0 Å². The molecule has 0 aliphatic heterocycles. The number of aromatic nitrogens is 3. The lowest BCUT2D eigenvalue weighted by atomic mass is 9.88. The maximum absolute atomic E-state index is 6.49. The van der Waals surface area contributed by atoms with Crippen molar-refractivity contribution in [2.24, 2.45) is 0 Å². The molecular weight excluding hydrogens is 655 g/mol. The molecule has 0 saturated carbocycles. The Morgan fingerprint density at radius 2 is 1.33 bits per heavy atom.